The number of rotatable bonds is 6. The minimum atomic E-state index is -0.388. The van der Waals surface area contributed by atoms with Gasteiger partial charge in [-0.05, 0) is 18.2 Å². The van der Waals surface area contributed by atoms with E-state index < -0.39 is 0 Å². The summed E-state index contributed by atoms with van der Waals surface area (Å²) in [6.45, 7) is 1.29. The van der Waals surface area contributed by atoms with E-state index in [0.29, 0.717) is 23.0 Å². The van der Waals surface area contributed by atoms with Gasteiger partial charge < -0.3 is 13.9 Å². The van der Waals surface area contributed by atoms with E-state index in [-0.39, 0.29) is 22.8 Å². The van der Waals surface area contributed by atoms with Crippen molar-refractivity contribution in [2.45, 2.75) is 12.1 Å². The molecule has 1 heterocycles. The Kier molecular flexibility index (Phi) is 6.01. The topological polar surface area (TPSA) is 116 Å². The molecule has 9 nitrogen and oxygen atoms in total. The zero-order valence-electron chi connectivity index (χ0n) is 13.3. The van der Waals surface area contributed by atoms with E-state index in [2.05, 4.69) is 21.0 Å². The van der Waals surface area contributed by atoms with Gasteiger partial charge in [-0.3, -0.25) is 20.4 Å². The van der Waals surface area contributed by atoms with Gasteiger partial charge in [0.25, 0.3) is 5.22 Å². The molecule has 0 saturated carbocycles. The van der Waals surface area contributed by atoms with Crippen LogP contribution in [0.2, 0.25) is 0 Å². The molecule has 0 saturated heterocycles. The minimum absolute atomic E-state index is 0.0217. The van der Waals surface area contributed by atoms with Crippen LogP contribution in [-0.2, 0) is 9.59 Å². The van der Waals surface area contributed by atoms with E-state index in [0.717, 1.165) is 11.8 Å². The maximum atomic E-state index is 11.5. The Labute approximate surface area is 142 Å². The Morgan fingerprint density at radius 3 is 2.58 bits per heavy atom. The van der Waals surface area contributed by atoms with Crippen molar-refractivity contribution >= 4 is 23.6 Å². The van der Waals surface area contributed by atoms with Crippen LogP contribution >= 0.6 is 11.8 Å². The molecular formula is C14H16N4O5S. The van der Waals surface area contributed by atoms with Crippen LogP contribution in [0.25, 0.3) is 11.5 Å². The Bertz CT molecular complexity index is 734. The first-order valence-electron chi connectivity index (χ1n) is 6.77. The van der Waals surface area contributed by atoms with E-state index in [9.17, 15) is 9.59 Å². The van der Waals surface area contributed by atoms with Gasteiger partial charge >= 0.3 is 0 Å². The van der Waals surface area contributed by atoms with Crippen LogP contribution < -0.4 is 20.3 Å². The van der Waals surface area contributed by atoms with Crippen molar-refractivity contribution < 1.29 is 23.5 Å². The van der Waals surface area contributed by atoms with Gasteiger partial charge in [0.2, 0.25) is 17.7 Å². The molecular weight excluding hydrogens is 336 g/mol. The molecule has 0 bridgehead atoms. The molecule has 1 aromatic heterocycles. The number of amides is 2. The summed E-state index contributed by atoms with van der Waals surface area (Å²) in [4.78, 5) is 22.2. The number of nitrogens with zero attached hydrogens (tertiary/aromatic N) is 2. The molecule has 2 aromatic rings. The maximum Gasteiger partial charge on any atom is 0.277 e. The van der Waals surface area contributed by atoms with Crippen molar-refractivity contribution in [2.24, 2.45) is 0 Å². The lowest BCUT2D eigenvalue weighted by Gasteiger charge is -2.07. The normalized spacial score (nSPS) is 10.1. The first-order chi connectivity index (χ1) is 11.5. The van der Waals surface area contributed by atoms with Gasteiger partial charge in [0.15, 0.2) is 11.5 Å². The predicted octanol–water partition coefficient (Wildman–Crippen LogP) is 1.01. The Morgan fingerprint density at radius 1 is 1.17 bits per heavy atom. The molecule has 2 rings (SSSR count). The van der Waals surface area contributed by atoms with Gasteiger partial charge in [-0.25, -0.2) is 0 Å². The second-order valence-corrected chi connectivity index (χ2v) is 5.39. The molecule has 2 N–H and O–H groups in total. The number of methoxy groups -OCH3 is 2. The molecule has 0 fully saturated rings. The zero-order valence-corrected chi connectivity index (χ0v) is 14.1. The van der Waals surface area contributed by atoms with Crippen molar-refractivity contribution in [3.63, 3.8) is 0 Å². The molecule has 0 radical (unpaired) electrons. The Balaban J connectivity index is 2.00. The molecule has 0 aliphatic heterocycles. The molecule has 128 valence electrons. The number of ether oxygens (including phenoxy) is 2. The quantitative estimate of drug-likeness (QED) is 0.585. The zero-order chi connectivity index (χ0) is 17.5. The lowest BCUT2D eigenvalue weighted by Crippen LogP contribution is -2.41. The number of hydrazine groups is 1. The van der Waals surface area contributed by atoms with Crippen molar-refractivity contribution in [3.05, 3.63) is 18.2 Å². The van der Waals surface area contributed by atoms with Crippen LogP contribution in [0.5, 0.6) is 11.5 Å². The highest BCUT2D eigenvalue weighted by Crippen LogP contribution is 2.32. The lowest BCUT2D eigenvalue weighted by molar-refractivity contribution is -0.126. The van der Waals surface area contributed by atoms with Crippen molar-refractivity contribution in [1.82, 2.24) is 21.0 Å². The van der Waals surface area contributed by atoms with Gasteiger partial charge in [0.1, 0.15) is 0 Å². The van der Waals surface area contributed by atoms with Crippen LogP contribution in [0.3, 0.4) is 0 Å². The molecule has 0 aliphatic rings. The fraction of sp³-hybridized carbons (Fsp3) is 0.286. The number of carbonyl (C=O) groups excluding carboxylic acids is 2. The van der Waals surface area contributed by atoms with Gasteiger partial charge in [-0.15, -0.1) is 10.2 Å². The summed E-state index contributed by atoms with van der Waals surface area (Å²) in [5, 5.41) is 8.03. The lowest BCUT2D eigenvalue weighted by atomic mass is 10.2. The number of hydrogen-bond acceptors (Lipinski definition) is 8. The van der Waals surface area contributed by atoms with Gasteiger partial charge in [-0.1, -0.05) is 11.8 Å². The van der Waals surface area contributed by atoms with Gasteiger partial charge in [-0.2, -0.15) is 0 Å². The highest BCUT2D eigenvalue weighted by molar-refractivity contribution is 7.99. The second-order valence-electron chi connectivity index (χ2n) is 4.46. The molecule has 1 aromatic carbocycles. The summed E-state index contributed by atoms with van der Waals surface area (Å²) in [5.74, 6) is 0.694. The highest BCUT2D eigenvalue weighted by Gasteiger charge is 2.13. The third kappa shape index (κ3) is 4.62. The van der Waals surface area contributed by atoms with Crippen LogP contribution in [0.15, 0.2) is 27.8 Å². The Hall–Kier alpha value is -2.75. The van der Waals surface area contributed by atoms with E-state index in [1.807, 2.05) is 0 Å². The van der Waals surface area contributed by atoms with Crippen LogP contribution in [0.4, 0.5) is 0 Å². The first-order valence-corrected chi connectivity index (χ1v) is 7.76. The SMILES string of the molecule is COc1ccc(-c2nnc(SCC(=O)NNC(C)=O)o2)cc1OC. The van der Waals surface area contributed by atoms with Crippen molar-refractivity contribution in [2.75, 3.05) is 20.0 Å². The summed E-state index contributed by atoms with van der Waals surface area (Å²) in [6, 6.07) is 5.20. The fourth-order valence-electron chi connectivity index (χ4n) is 1.68. The molecule has 0 spiro atoms. The molecule has 0 unspecified atom stereocenters. The number of aromatic nitrogens is 2. The van der Waals surface area contributed by atoms with Crippen LogP contribution in [0, 0.1) is 0 Å². The number of carbonyl (C=O) groups is 2. The van der Waals surface area contributed by atoms with E-state index in [1.165, 1.54) is 14.0 Å². The van der Waals surface area contributed by atoms with E-state index in [4.69, 9.17) is 13.9 Å². The number of hydrogen-bond donors (Lipinski definition) is 2. The number of thioether (sulfide) groups is 1. The van der Waals surface area contributed by atoms with Gasteiger partial charge in [0.05, 0.1) is 20.0 Å². The molecule has 0 aliphatic carbocycles. The average molecular weight is 352 g/mol. The summed E-state index contributed by atoms with van der Waals surface area (Å²) in [6.07, 6.45) is 0. The number of benzene rings is 1. The Morgan fingerprint density at radius 2 is 1.92 bits per heavy atom. The van der Waals surface area contributed by atoms with Crippen LogP contribution in [-0.4, -0.2) is 42.0 Å². The third-order valence-corrected chi connectivity index (χ3v) is 3.56. The fourth-order valence-corrected chi connectivity index (χ4v) is 2.24. The monoisotopic (exact) mass is 352 g/mol. The summed E-state index contributed by atoms with van der Waals surface area (Å²) in [7, 11) is 3.08. The van der Waals surface area contributed by atoms with E-state index >= 15 is 0 Å². The third-order valence-electron chi connectivity index (χ3n) is 2.74. The predicted molar refractivity (Wildman–Crippen MR) is 85.5 cm³/mol. The smallest absolute Gasteiger partial charge is 0.277 e. The number of nitrogens with one attached hydrogen (secondary N) is 2. The molecule has 0 atom stereocenters. The summed E-state index contributed by atoms with van der Waals surface area (Å²) < 4.78 is 15.9. The van der Waals surface area contributed by atoms with E-state index in [1.54, 1.807) is 25.3 Å². The maximum absolute atomic E-state index is 11.5. The first kappa shape index (κ1) is 17.6. The summed E-state index contributed by atoms with van der Waals surface area (Å²) in [5.41, 5.74) is 5.09. The highest BCUT2D eigenvalue weighted by atomic mass is 32.2. The standard InChI is InChI=1S/C14H16N4O5S/c1-8(19)15-16-12(20)7-24-14-18-17-13(23-14)9-4-5-10(21-2)11(6-9)22-3/h4-6H,7H2,1-3H3,(H,15,19)(H,16,20). The average Bonchev–Trinajstić information content (AvgIpc) is 3.06. The largest absolute Gasteiger partial charge is 0.493 e. The van der Waals surface area contributed by atoms with Gasteiger partial charge in [0, 0.05) is 12.5 Å². The molecule has 10 heteroatoms. The molecule has 24 heavy (non-hydrogen) atoms. The minimum Gasteiger partial charge on any atom is -0.493 e. The molecule has 2 amide bonds. The van der Waals surface area contributed by atoms with Crippen LogP contribution in [0.1, 0.15) is 6.92 Å². The van der Waals surface area contributed by atoms with Crippen molar-refractivity contribution in [1.29, 1.82) is 0 Å². The second kappa shape index (κ2) is 8.20. The van der Waals surface area contributed by atoms with Crippen molar-refractivity contribution in [3.8, 4) is 23.0 Å². The summed E-state index contributed by atoms with van der Waals surface area (Å²) >= 11 is 1.05.